The molecule has 2 atom stereocenters. The number of likely N-dealkylation sites (tertiary alicyclic amines) is 1. The van der Waals surface area contributed by atoms with Crippen LogP contribution in [0.2, 0.25) is 0 Å². The molecule has 0 aromatic carbocycles. The summed E-state index contributed by atoms with van der Waals surface area (Å²) in [5, 5.41) is 14.7. The van der Waals surface area contributed by atoms with Crippen LogP contribution in [0.5, 0.6) is 0 Å². The number of carboxylic acid groups (broad SMARTS) is 1. The first kappa shape index (κ1) is 29.6. The third kappa shape index (κ3) is 6.98. The molecule has 0 spiro atoms. The minimum atomic E-state index is -3.49. The van der Waals surface area contributed by atoms with Crippen molar-refractivity contribution in [1.82, 2.24) is 20.4 Å². The predicted octanol–water partition coefficient (Wildman–Crippen LogP) is 1.29. The highest BCUT2D eigenvalue weighted by Crippen LogP contribution is 2.32. The van der Waals surface area contributed by atoms with Crippen LogP contribution >= 0.6 is 0 Å². The molecule has 0 radical (unpaired) electrons. The highest BCUT2D eigenvalue weighted by molar-refractivity contribution is 7.92. The zero-order valence-electron chi connectivity index (χ0n) is 21.7. The molecule has 0 unspecified atom stereocenters. The molecule has 0 aromatic heterocycles. The van der Waals surface area contributed by atoms with Gasteiger partial charge in [-0.3, -0.25) is 9.59 Å². The summed E-state index contributed by atoms with van der Waals surface area (Å²) in [6, 6.07) is -2.67. The molecule has 11 nitrogen and oxygen atoms in total. The van der Waals surface area contributed by atoms with Gasteiger partial charge in [0.25, 0.3) is 0 Å². The zero-order valence-corrected chi connectivity index (χ0v) is 22.5. The summed E-state index contributed by atoms with van der Waals surface area (Å²) >= 11 is 0. The number of carboxylic acids is 1. The highest BCUT2D eigenvalue weighted by Gasteiger charge is 2.43. The van der Waals surface area contributed by atoms with E-state index in [4.69, 9.17) is 0 Å². The zero-order chi connectivity index (χ0) is 27.3. The van der Waals surface area contributed by atoms with E-state index in [1.54, 1.807) is 20.8 Å². The summed E-state index contributed by atoms with van der Waals surface area (Å²) in [6.45, 7) is 8.30. The van der Waals surface area contributed by atoms with Crippen LogP contribution in [0.15, 0.2) is 12.7 Å². The first-order valence-corrected chi connectivity index (χ1v) is 14.0. The van der Waals surface area contributed by atoms with Gasteiger partial charge in [0.1, 0.15) is 12.1 Å². The Bertz CT molecular complexity index is 967. The van der Waals surface area contributed by atoms with Gasteiger partial charge in [0.05, 0.1) is 22.6 Å². The second-order valence-electron chi connectivity index (χ2n) is 10.7. The molecule has 1 heterocycles. The number of hydrogen-bond donors (Lipinski definition) is 3. The summed E-state index contributed by atoms with van der Waals surface area (Å²) in [6.07, 6.45) is 5.73. The molecule has 1 aliphatic heterocycles. The molecule has 0 aromatic rings. The first-order valence-electron chi connectivity index (χ1n) is 12.3. The maximum Gasteiger partial charge on any atom is 0.330 e. The molecule has 2 rings (SSSR count). The number of amides is 4. The number of carbonyl (C=O) groups excluding carboxylic acids is 3. The number of urea groups is 1. The van der Waals surface area contributed by atoms with Gasteiger partial charge in [0, 0.05) is 13.6 Å². The van der Waals surface area contributed by atoms with Crippen molar-refractivity contribution in [2.45, 2.75) is 88.1 Å². The van der Waals surface area contributed by atoms with Gasteiger partial charge < -0.3 is 25.5 Å². The van der Waals surface area contributed by atoms with Gasteiger partial charge >= 0.3 is 12.0 Å². The van der Waals surface area contributed by atoms with E-state index < -0.39 is 56.0 Å². The standard InChI is InChI=1S/C24H40N4O7S/c1-6-17(21(31)32)27(5)20(30)18-11-10-14-28(18)19(29)15-25-22(33)26-24(12-8-7-9-13-24)16-36(34,35)23(2,3)4/h6,17-18H,1,7-16H2,2-5H3,(H,31,32)(H2,25,26,33)/t17-,18+/m1/s1. The second-order valence-corrected chi connectivity index (χ2v) is 13.5. The Morgan fingerprint density at radius 2 is 1.78 bits per heavy atom. The summed E-state index contributed by atoms with van der Waals surface area (Å²) in [4.78, 5) is 52.3. The van der Waals surface area contributed by atoms with Crippen LogP contribution in [0.25, 0.3) is 0 Å². The topological polar surface area (TPSA) is 153 Å². The Hall–Kier alpha value is -2.63. The highest BCUT2D eigenvalue weighted by atomic mass is 32.2. The lowest BCUT2D eigenvalue weighted by molar-refractivity contribution is -0.150. The SMILES string of the molecule is C=C[C@H](C(=O)O)N(C)C(=O)[C@@H]1CCCN1C(=O)CNC(=O)NC1(CS(=O)(=O)C(C)(C)C)CCCCC1. The van der Waals surface area contributed by atoms with E-state index in [1.165, 1.54) is 11.9 Å². The fourth-order valence-corrected chi connectivity index (χ4v) is 6.30. The monoisotopic (exact) mass is 528 g/mol. The van der Waals surface area contributed by atoms with Gasteiger partial charge in [-0.1, -0.05) is 25.3 Å². The largest absolute Gasteiger partial charge is 0.479 e. The van der Waals surface area contributed by atoms with Gasteiger partial charge in [0.15, 0.2) is 9.84 Å². The number of nitrogens with one attached hydrogen (secondary N) is 2. The molecule has 3 N–H and O–H groups in total. The van der Waals surface area contributed by atoms with Crippen LogP contribution in [-0.4, -0.2) is 95.4 Å². The Balaban J connectivity index is 2.03. The minimum absolute atomic E-state index is 0.173. The van der Waals surface area contributed by atoms with Crippen LogP contribution in [-0.2, 0) is 24.2 Å². The van der Waals surface area contributed by atoms with Gasteiger partial charge in [-0.15, -0.1) is 6.58 Å². The van der Waals surface area contributed by atoms with E-state index in [9.17, 15) is 32.7 Å². The van der Waals surface area contributed by atoms with E-state index in [-0.39, 0.29) is 12.3 Å². The van der Waals surface area contributed by atoms with E-state index >= 15 is 0 Å². The van der Waals surface area contributed by atoms with Crippen molar-refractivity contribution in [2.24, 2.45) is 0 Å². The third-order valence-electron chi connectivity index (χ3n) is 7.09. The molecular formula is C24H40N4O7S. The maximum absolute atomic E-state index is 12.9. The lowest BCUT2D eigenvalue weighted by Gasteiger charge is -2.39. The molecule has 12 heteroatoms. The second kappa shape index (κ2) is 11.6. The minimum Gasteiger partial charge on any atom is -0.479 e. The number of carbonyl (C=O) groups is 4. The van der Waals surface area contributed by atoms with E-state index in [1.807, 2.05) is 0 Å². The Kier molecular flexibility index (Phi) is 9.55. The quantitative estimate of drug-likeness (QED) is 0.381. The molecular weight excluding hydrogens is 488 g/mol. The van der Waals surface area contributed by atoms with E-state index in [2.05, 4.69) is 17.2 Å². The van der Waals surface area contributed by atoms with E-state index in [0.29, 0.717) is 32.2 Å². The number of hydrogen-bond acceptors (Lipinski definition) is 6. The Labute approximate surface area is 213 Å². The first-order chi connectivity index (χ1) is 16.6. The molecule has 4 amide bonds. The van der Waals surface area contributed by atoms with Gasteiger partial charge in [-0.2, -0.15) is 0 Å². The Morgan fingerprint density at radius 1 is 1.17 bits per heavy atom. The van der Waals surface area contributed by atoms with Gasteiger partial charge in [-0.25, -0.2) is 18.0 Å². The van der Waals surface area contributed by atoms with Crippen LogP contribution in [0.1, 0.15) is 65.7 Å². The fraction of sp³-hybridized carbons (Fsp3) is 0.750. The number of nitrogens with zero attached hydrogens (tertiary/aromatic N) is 2. The number of rotatable bonds is 9. The summed E-state index contributed by atoms with van der Waals surface area (Å²) < 4.78 is 24.8. The van der Waals surface area contributed by atoms with Crippen LogP contribution < -0.4 is 10.6 Å². The molecule has 204 valence electrons. The Morgan fingerprint density at radius 3 is 2.31 bits per heavy atom. The van der Waals surface area contributed by atoms with Gasteiger partial charge in [-0.05, 0) is 46.5 Å². The molecule has 1 aliphatic carbocycles. The fourth-order valence-electron chi connectivity index (χ4n) is 4.78. The number of sulfone groups is 1. The third-order valence-corrected chi connectivity index (χ3v) is 9.89. The summed E-state index contributed by atoms with van der Waals surface area (Å²) in [5.41, 5.74) is -0.900. The number of likely N-dealkylation sites (N-methyl/N-ethyl adjacent to an activating group) is 1. The molecule has 0 bridgehead atoms. The normalized spacial score (nSPS) is 20.8. The lowest BCUT2D eigenvalue weighted by Crippen LogP contribution is -2.59. The van der Waals surface area contributed by atoms with E-state index in [0.717, 1.165) is 30.2 Å². The van der Waals surface area contributed by atoms with Crippen molar-refractivity contribution in [3.8, 4) is 0 Å². The van der Waals surface area contributed by atoms with Crippen LogP contribution in [0, 0.1) is 0 Å². The number of aliphatic carboxylic acids is 1. The average molecular weight is 529 g/mol. The van der Waals surface area contributed by atoms with Crippen molar-refractivity contribution < 1.29 is 32.7 Å². The lowest BCUT2D eigenvalue weighted by atomic mass is 9.83. The van der Waals surface area contributed by atoms with Crippen LogP contribution in [0.4, 0.5) is 4.79 Å². The molecule has 2 fully saturated rings. The van der Waals surface area contributed by atoms with Crippen LogP contribution in [0.3, 0.4) is 0 Å². The summed E-state index contributed by atoms with van der Waals surface area (Å²) in [5.74, 6) is -2.38. The molecule has 2 aliphatic rings. The van der Waals surface area contributed by atoms with Crippen molar-refractivity contribution in [1.29, 1.82) is 0 Å². The molecule has 1 saturated carbocycles. The van der Waals surface area contributed by atoms with Crippen molar-refractivity contribution in [2.75, 3.05) is 25.9 Å². The van der Waals surface area contributed by atoms with Crippen molar-refractivity contribution in [3.63, 3.8) is 0 Å². The van der Waals surface area contributed by atoms with Gasteiger partial charge in [0.2, 0.25) is 11.8 Å². The van der Waals surface area contributed by atoms with Crippen molar-refractivity contribution >= 4 is 33.7 Å². The predicted molar refractivity (Wildman–Crippen MR) is 135 cm³/mol. The maximum atomic E-state index is 12.9. The van der Waals surface area contributed by atoms with Crippen molar-refractivity contribution in [3.05, 3.63) is 12.7 Å². The molecule has 36 heavy (non-hydrogen) atoms. The smallest absolute Gasteiger partial charge is 0.330 e. The molecule has 1 saturated heterocycles. The summed E-state index contributed by atoms with van der Waals surface area (Å²) in [7, 11) is -2.14. The average Bonchev–Trinajstić information content (AvgIpc) is 3.26.